The van der Waals surface area contributed by atoms with Crippen molar-refractivity contribution in [3.8, 4) is 0 Å². The van der Waals surface area contributed by atoms with Gasteiger partial charge in [-0.15, -0.1) is 0 Å². The second-order valence-electron chi connectivity index (χ2n) is 4.84. The van der Waals surface area contributed by atoms with Gasteiger partial charge in [-0.2, -0.15) is 0 Å². The molecule has 2 N–H and O–H groups in total. The number of hydrogen-bond donors (Lipinski definition) is 2. The van der Waals surface area contributed by atoms with Crippen LogP contribution in [0.25, 0.3) is 0 Å². The molecule has 0 unspecified atom stereocenters. The summed E-state index contributed by atoms with van der Waals surface area (Å²) in [6, 6.07) is 13.4. The second kappa shape index (κ2) is 7.79. The topological polar surface area (TPSA) is 32.3 Å². The number of hydrogen-bond acceptors (Lipinski definition) is 2. The lowest BCUT2D eigenvalue weighted by molar-refractivity contribution is 0.144. The number of halogens is 3. The smallest absolute Gasteiger partial charge is 0.0871 e. The first-order chi connectivity index (χ1) is 10.0. The maximum absolute atomic E-state index is 10.7. The third-order valence-corrected chi connectivity index (χ3v) is 4.78. The van der Waals surface area contributed by atoms with Gasteiger partial charge in [0.25, 0.3) is 0 Å². The van der Waals surface area contributed by atoms with E-state index in [1.54, 1.807) is 6.07 Å². The van der Waals surface area contributed by atoms with Crippen LogP contribution in [0.5, 0.6) is 0 Å². The molecule has 0 aliphatic heterocycles. The summed E-state index contributed by atoms with van der Waals surface area (Å²) in [5, 5.41) is 14.9. The molecule has 2 rings (SSSR count). The molecule has 0 saturated heterocycles. The predicted octanol–water partition coefficient (Wildman–Crippen LogP) is 4.63. The zero-order valence-corrected chi connectivity index (χ0v) is 15.2. The Bertz CT molecular complexity index is 621. The zero-order valence-electron chi connectivity index (χ0n) is 11.5. The fourth-order valence-electron chi connectivity index (χ4n) is 2.30. The average molecular weight is 436 g/mol. The first-order valence-corrected chi connectivity index (χ1v) is 8.39. The maximum Gasteiger partial charge on any atom is 0.0871 e. The van der Waals surface area contributed by atoms with Crippen molar-refractivity contribution in [2.24, 2.45) is 0 Å². The summed E-state index contributed by atoms with van der Waals surface area (Å²) in [6.45, 7) is 0.643. The lowest BCUT2D eigenvalue weighted by atomic mass is 9.89. The minimum absolute atomic E-state index is 0.0945. The van der Waals surface area contributed by atoms with Crippen LogP contribution in [0.15, 0.2) is 42.5 Å². The van der Waals surface area contributed by atoms with E-state index >= 15 is 0 Å². The quantitative estimate of drug-likeness (QED) is 0.670. The molecule has 2 aromatic rings. The van der Waals surface area contributed by atoms with Gasteiger partial charge in [-0.05, 0) is 65.0 Å². The van der Waals surface area contributed by atoms with Gasteiger partial charge in [-0.3, -0.25) is 0 Å². The Hall–Kier alpha value is -0.330. The van der Waals surface area contributed by atoms with Gasteiger partial charge in [0.2, 0.25) is 0 Å². The van der Waals surface area contributed by atoms with Crippen molar-refractivity contribution < 1.29 is 5.11 Å². The van der Waals surface area contributed by atoms with Gasteiger partial charge >= 0.3 is 0 Å². The molecule has 0 bridgehead atoms. The van der Waals surface area contributed by atoms with Crippen molar-refractivity contribution in [1.82, 2.24) is 5.32 Å². The summed E-state index contributed by atoms with van der Waals surface area (Å²) < 4.78 is 1.10. The Morgan fingerprint density at radius 2 is 1.86 bits per heavy atom. The van der Waals surface area contributed by atoms with Crippen molar-refractivity contribution >= 4 is 45.8 Å². The van der Waals surface area contributed by atoms with Crippen LogP contribution in [0.2, 0.25) is 10.0 Å². The van der Waals surface area contributed by atoms with E-state index in [-0.39, 0.29) is 5.92 Å². The molecule has 2 nitrogen and oxygen atoms in total. The van der Waals surface area contributed by atoms with Crippen molar-refractivity contribution in [3.05, 3.63) is 67.2 Å². The summed E-state index contributed by atoms with van der Waals surface area (Å²) >= 11 is 14.3. The molecular formula is C16H16Cl2INO. The Labute approximate surface area is 148 Å². The Balaban J connectivity index is 2.35. The van der Waals surface area contributed by atoms with Crippen molar-refractivity contribution in [3.63, 3.8) is 0 Å². The third-order valence-electron chi connectivity index (χ3n) is 3.37. The number of rotatable bonds is 5. The molecule has 0 radical (unpaired) electrons. The molecule has 0 fully saturated rings. The minimum Gasteiger partial charge on any atom is -0.388 e. The molecule has 0 aliphatic carbocycles. The summed E-state index contributed by atoms with van der Waals surface area (Å²) in [7, 11) is 1.87. The van der Waals surface area contributed by atoms with Crippen LogP contribution in [0, 0.1) is 3.57 Å². The highest BCUT2D eigenvalue weighted by Crippen LogP contribution is 2.34. The van der Waals surface area contributed by atoms with E-state index in [2.05, 4.69) is 27.9 Å². The lowest BCUT2D eigenvalue weighted by Gasteiger charge is -2.24. The van der Waals surface area contributed by atoms with E-state index in [0.717, 1.165) is 14.7 Å². The summed E-state index contributed by atoms with van der Waals surface area (Å²) in [4.78, 5) is 0. The van der Waals surface area contributed by atoms with Crippen LogP contribution in [0.4, 0.5) is 0 Å². The van der Waals surface area contributed by atoms with Crippen LogP contribution >= 0.6 is 45.8 Å². The molecule has 0 saturated carbocycles. The van der Waals surface area contributed by atoms with Gasteiger partial charge in [-0.1, -0.05) is 41.4 Å². The van der Waals surface area contributed by atoms with Crippen molar-refractivity contribution in [1.29, 1.82) is 0 Å². The Morgan fingerprint density at radius 1 is 1.10 bits per heavy atom. The summed E-state index contributed by atoms with van der Waals surface area (Å²) in [5.41, 5.74) is 1.86. The molecular weight excluding hydrogens is 420 g/mol. The van der Waals surface area contributed by atoms with Gasteiger partial charge in [0, 0.05) is 16.0 Å². The minimum atomic E-state index is -0.607. The highest BCUT2D eigenvalue weighted by atomic mass is 127. The van der Waals surface area contributed by atoms with Crippen LogP contribution in [0.1, 0.15) is 23.1 Å². The molecule has 5 heteroatoms. The molecule has 0 heterocycles. The molecule has 21 heavy (non-hydrogen) atoms. The van der Waals surface area contributed by atoms with E-state index in [4.69, 9.17) is 23.2 Å². The normalized spacial score (nSPS) is 14.0. The zero-order chi connectivity index (χ0) is 15.4. The standard InChI is InChI=1S/C16H16Cl2INO/c1-20-9-13(10-5-6-14(17)15(18)8-10)16(21)11-3-2-4-12(19)7-11/h2-8,13,16,20-21H,9H2,1H3/t13-,16-/m1/s1. The van der Waals surface area contributed by atoms with Gasteiger partial charge in [0.1, 0.15) is 0 Å². The predicted molar refractivity (Wildman–Crippen MR) is 97.2 cm³/mol. The SMILES string of the molecule is CNC[C@H](c1ccc(Cl)c(Cl)c1)[C@H](O)c1cccc(I)c1. The second-order valence-corrected chi connectivity index (χ2v) is 6.90. The lowest BCUT2D eigenvalue weighted by Crippen LogP contribution is -2.23. The number of aliphatic hydroxyl groups excluding tert-OH is 1. The summed E-state index contributed by atoms with van der Waals surface area (Å²) in [5.74, 6) is -0.0945. The first kappa shape index (κ1) is 17.0. The number of nitrogens with one attached hydrogen (secondary N) is 1. The number of likely N-dealkylation sites (N-methyl/N-ethyl adjacent to an activating group) is 1. The molecule has 0 spiro atoms. The van der Waals surface area contributed by atoms with Crippen LogP contribution in [-0.4, -0.2) is 18.7 Å². The molecule has 2 aromatic carbocycles. The number of benzene rings is 2. The monoisotopic (exact) mass is 435 g/mol. The van der Waals surface area contributed by atoms with E-state index in [0.29, 0.717) is 16.6 Å². The molecule has 0 amide bonds. The van der Waals surface area contributed by atoms with Crippen LogP contribution in [0.3, 0.4) is 0 Å². The molecule has 112 valence electrons. The molecule has 0 aliphatic rings. The largest absolute Gasteiger partial charge is 0.388 e. The molecule has 2 atom stereocenters. The maximum atomic E-state index is 10.7. The van der Waals surface area contributed by atoms with Crippen LogP contribution < -0.4 is 5.32 Å². The Morgan fingerprint density at radius 3 is 2.48 bits per heavy atom. The summed E-state index contributed by atoms with van der Waals surface area (Å²) in [6.07, 6.45) is -0.607. The third kappa shape index (κ3) is 4.33. The first-order valence-electron chi connectivity index (χ1n) is 6.56. The molecule has 0 aromatic heterocycles. The van der Waals surface area contributed by atoms with Crippen LogP contribution in [-0.2, 0) is 0 Å². The van der Waals surface area contributed by atoms with Gasteiger partial charge < -0.3 is 10.4 Å². The van der Waals surface area contributed by atoms with Gasteiger partial charge in [-0.25, -0.2) is 0 Å². The Kier molecular flexibility index (Phi) is 6.32. The van der Waals surface area contributed by atoms with E-state index in [1.807, 2.05) is 43.4 Å². The average Bonchev–Trinajstić information content (AvgIpc) is 2.47. The highest BCUT2D eigenvalue weighted by Gasteiger charge is 2.23. The number of aliphatic hydroxyl groups is 1. The van der Waals surface area contributed by atoms with E-state index in [9.17, 15) is 5.11 Å². The van der Waals surface area contributed by atoms with Crippen molar-refractivity contribution in [2.75, 3.05) is 13.6 Å². The van der Waals surface area contributed by atoms with E-state index < -0.39 is 6.10 Å². The van der Waals surface area contributed by atoms with Crippen molar-refractivity contribution in [2.45, 2.75) is 12.0 Å². The van der Waals surface area contributed by atoms with Gasteiger partial charge in [0.15, 0.2) is 0 Å². The highest BCUT2D eigenvalue weighted by molar-refractivity contribution is 14.1. The fraction of sp³-hybridized carbons (Fsp3) is 0.250. The van der Waals surface area contributed by atoms with Gasteiger partial charge in [0.05, 0.1) is 16.1 Å². The van der Waals surface area contributed by atoms with E-state index in [1.165, 1.54) is 0 Å². The fourth-order valence-corrected chi connectivity index (χ4v) is 3.17.